The molecule has 33 heavy (non-hydrogen) atoms. The highest BCUT2D eigenvalue weighted by Gasteiger charge is 2.35. The van der Waals surface area contributed by atoms with Crippen LogP contribution in [-0.2, 0) is 4.79 Å². The molecule has 0 spiro atoms. The van der Waals surface area contributed by atoms with Crippen LogP contribution in [0, 0.1) is 5.41 Å². The van der Waals surface area contributed by atoms with Crippen LogP contribution in [0.1, 0.15) is 25.3 Å². The van der Waals surface area contributed by atoms with E-state index in [0.29, 0.717) is 35.4 Å². The Morgan fingerprint density at radius 1 is 1.09 bits per heavy atom. The van der Waals surface area contributed by atoms with Crippen LogP contribution in [0.3, 0.4) is 0 Å². The van der Waals surface area contributed by atoms with Crippen LogP contribution < -0.4 is 14.2 Å². The van der Waals surface area contributed by atoms with Gasteiger partial charge in [-0.3, -0.25) is 10.2 Å². The fraction of sp³-hybridized carbons (Fsp3) is 0.250. The fourth-order valence-corrected chi connectivity index (χ4v) is 4.22. The number of para-hydroxylation sites is 1. The monoisotopic (exact) mass is 464 g/mol. The molecule has 2 aliphatic heterocycles. The van der Waals surface area contributed by atoms with E-state index in [1.165, 1.54) is 16.8 Å². The zero-order chi connectivity index (χ0) is 23.2. The van der Waals surface area contributed by atoms with Crippen molar-refractivity contribution in [2.24, 2.45) is 10.1 Å². The highest BCUT2D eigenvalue weighted by Crippen LogP contribution is 2.31. The summed E-state index contributed by atoms with van der Waals surface area (Å²) in [4.78, 5) is 16.8. The Bertz CT molecular complexity index is 1160. The van der Waals surface area contributed by atoms with Crippen molar-refractivity contribution < 1.29 is 19.0 Å². The topological polar surface area (TPSA) is 96.6 Å². The molecular formula is C24H24N4O4S. The lowest BCUT2D eigenvalue weighted by Gasteiger charge is -2.20. The SMILES string of the molecule is CCCC1=NN2C(=N)/C(=C/c3ccccc3OCCOc3cccc(OC)c3)C(=O)N=C2S1. The van der Waals surface area contributed by atoms with Crippen molar-refractivity contribution in [3.8, 4) is 17.2 Å². The second kappa shape index (κ2) is 10.4. The first kappa shape index (κ1) is 22.6. The van der Waals surface area contributed by atoms with E-state index in [1.807, 2.05) is 42.5 Å². The largest absolute Gasteiger partial charge is 0.497 e. The van der Waals surface area contributed by atoms with Gasteiger partial charge in [0.25, 0.3) is 5.91 Å². The number of ether oxygens (including phenoxy) is 3. The Hall–Kier alpha value is -3.59. The number of fused-ring (bicyclic) bond motifs is 1. The number of hydrazone groups is 1. The first-order chi connectivity index (χ1) is 16.1. The van der Waals surface area contributed by atoms with E-state index in [2.05, 4.69) is 17.0 Å². The molecule has 2 heterocycles. The average molecular weight is 465 g/mol. The predicted molar refractivity (Wildman–Crippen MR) is 130 cm³/mol. The third kappa shape index (κ3) is 5.25. The molecule has 0 saturated carbocycles. The van der Waals surface area contributed by atoms with Gasteiger partial charge in [0, 0.05) is 11.6 Å². The van der Waals surface area contributed by atoms with Crippen molar-refractivity contribution >= 4 is 39.8 Å². The van der Waals surface area contributed by atoms with E-state index in [0.717, 1.165) is 23.6 Å². The number of thioether (sulfide) groups is 1. The summed E-state index contributed by atoms with van der Waals surface area (Å²) in [6.45, 7) is 2.70. The molecular weight excluding hydrogens is 440 g/mol. The Kier molecular flexibility index (Phi) is 7.09. The van der Waals surface area contributed by atoms with Gasteiger partial charge in [0.1, 0.15) is 35.5 Å². The predicted octanol–water partition coefficient (Wildman–Crippen LogP) is 4.57. The number of amides is 1. The average Bonchev–Trinajstić information content (AvgIpc) is 3.23. The van der Waals surface area contributed by atoms with Gasteiger partial charge in [-0.05, 0) is 48.9 Å². The third-order valence-corrected chi connectivity index (χ3v) is 5.80. The van der Waals surface area contributed by atoms with Crippen LogP contribution in [0.25, 0.3) is 6.08 Å². The molecule has 0 aliphatic carbocycles. The van der Waals surface area contributed by atoms with Crippen LogP contribution in [0.15, 0.2) is 64.2 Å². The molecule has 2 aromatic rings. The minimum atomic E-state index is -0.456. The molecule has 2 aromatic carbocycles. The molecule has 4 rings (SSSR count). The maximum atomic E-state index is 12.6. The van der Waals surface area contributed by atoms with Crippen molar-refractivity contribution in [3.05, 3.63) is 59.7 Å². The highest BCUT2D eigenvalue weighted by atomic mass is 32.2. The fourth-order valence-electron chi connectivity index (χ4n) is 3.24. The number of hydrogen-bond donors (Lipinski definition) is 1. The minimum Gasteiger partial charge on any atom is -0.497 e. The molecule has 8 nitrogen and oxygen atoms in total. The second-order valence-electron chi connectivity index (χ2n) is 7.18. The normalized spacial score (nSPS) is 16.4. The number of carbonyl (C=O) groups excluding carboxylic acids is 1. The Morgan fingerprint density at radius 3 is 2.70 bits per heavy atom. The molecule has 0 atom stereocenters. The van der Waals surface area contributed by atoms with Crippen molar-refractivity contribution in [2.75, 3.05) is 20.3 Å². The summed E-state index contributed by atoms with van der Waals surface area (Å²) in [6.07, 6.45) is 3.35. The molecule has 0 radical (unpaired) electrons. The van der Waals surface area contributed by atoms with Crippen LogP contribution in [0.2, 0.25) is 0 Å². The van der Waals surface area contributed by atoms with Crippen molar-refractivity contribution in [1.29, 1.82) is 5.41 Å². The maximum absolute atomic E-state index is 12.6. The molecule has 0 saturated heterocycles. The molecule has 1 N–H and O–H groups in total. The molecule has 0 aromatic heterocycles. The summed E-state index contributed by atoms with van der Waals surface area (Å²) >= 11 is 1.34. The van der Waals surface area contributed by atoms with Gasteiger partial charge in [-0.2, -0.15) is 15.1 Å². The molecule has 0 fully saturated rings. The Labute approximate surface area is 196 Å². The quantitative estimate of drug-likeness (QED) is 0.431. The van der Waals surface area contributed by atoms with Gasteiger partial charge in [0.05, 0.1) is 12.7 Å². The number of amidine groups is 2. The lowest BCUT2D eigenvalue weighted by atomic mass is 10.1. The number of carbonyl (C=O) groups is 1. The molecule has 2 aliphatic rings. The van der Waals surface area contributed by atoms with Gasteiger partial charge in [-0.25, -0.2) is 0 Å². The summed E-state index contributed by atoms with van der Waals surface area (Å²) in [6, 6.07) is 14.7. The van der Waals surface area contributed by atoms with E-state index in [-0.39, 0.29) is 11.4 Å². The van der Waals surface area contributed by atoms with E-state index in [4.69, 9.17) is 19.6 Å². The summed E-state index contributed by atoms with van der Waals surface area (Å²) in [5.74, 6) is 1.55. The number of rotatable bonds is 9. The lowest BCUT2D eigenvalue weighted by molar-refractivity contribution is -0.114. The van der Waals surface area contributed by atoms with Gasteiger partial charge >= 0.3 is 0 Å². The first-order valence-electron chi connectivity index (χ1n) is 10.6. The number of nitrogens with one attached hydrogen (secondary N) is 1. The number of methoxy groups -OCH3 is 1. The van der Waals surface area contributed by atoms with Gasteiger partial charge in [0.15, 0.2) is 5.84 Å². The lowest BCUT2D eigenvalue weighted by Crippen LogP contribution is -2.35. The summed E-state index contributed by atoms with van der Waals surface area (Å²) < 4.78 is 16.8. The molecule has 0 unspecified atom stereocenters. The standard InChI is InChI=1S/C24H24N4O4S/c1-3-7-21-27-28-22(25)19(23(29)26-24(28)33-21)14-16-8-4-5-11-20(16)32-13-12-31-18-10-6-9-17(15-18)30-2/h4-6,8-11,14-15,25H,3,7,12-13H2,1-2H3/b19-14-,25-22?. The summed E-state index contributed by atoms with van der Waals surface area (Å²) in [5, 5.41) is 15.7. The van der Waals surface area contributed by atoms with Crippen molar-refractivity contribution in [1.82, 2.24) is 5.01 Å². The van der Waals surface area contributed by atoms with Crippen LogP contribution in [-0.4, -0.2) is 47.3 Å². The summed E-state index contributed by atoms with van der Waals surface area (Å²) in [5.41, 5.74) is 0.847. The zero-order valence-corrected chi connectivity index (χ0v) is 19.2. The Morgan fingerprint density at radius 2 is 1.88 bits per heavy atom. The van der Waals surface area contributed by atoms with Crippen molar-refractivity contribution in [2.45, 2.75) is 19.8 Å². The van der Waals surface area contributed by atoms with Crippen LogP contribution in [0.4, 0.5) is 0 Å². The zero-order valence-electron chi connectivity index (χ0n) is 18.4. The van der Waals surface area contributed by atoms with E-state index in [9.17, 15) is 4.79 Å². The molecule has 0 bridgehead atoms. The second-order valence-corrected chi connectivity index (χ2v) is 8.22. The van der Waals surface area contributed by atoms with E-state index < -0.39 is 5.91 Å². The maximum Gasteiger partial charge on any atom is 0.283 e. The van der Waals surface area contributed by atoms with Gasteiger partial charge < -0.3 is 14.2 Å². The van der Waals surface area contributed by atoms with E-state index >= 15 is 0 Å². The van der Waals surface area contributed by atoms with E-state index in [1.54, 1.807) is 19.3 Å². The van der Waals surface area contributed by atoms with Gasteiger partial charge in [-0.15, -0.1) is 0 Å². The number of benzene rings is 2. The van der Waals surface area contributed by atoms with Gasteiger partial charge in [-0.1, -0.05) is 31.2 Å². The summed E-state index contributed by atoms with van der Waals surface area (Å²) in [7, 11) is 1.61. The van der Waals surface area contributed by atoms with Crippen LogP contribution in [0.5, 0.6) is 17.2 Å². The highest BCUT2D eigenvalue weighted by molar-refractivity contribution is 8.26. The minimum absolute atomic E-state index is 0.0137. The smallest absolute Gasteiger partial charge is 0.283 e. The van der Waals surface area contributed by atoms with Crippen LogP contribution >= 0.6 is 11.8 Å². The first-order valence-corrected chi connectivity index (χ1v) is 11.4. The number of aliphatic imine (C=N–C) groups is 1. The number of hydrogen-bond acceptors (Lipinski definition) is 7. The number of nitrogens with zero attached hydrogens (tertiary/aromatic N) is 3. The molecule has 9 heteroatoms. The Balaban J connectivity index is 1.45. The van der Waals surface area contributed by atoms with Crippen molar-refractivity contribution in [3.63, 3.8) is 0 Å². The van der Waals surface area contributed by atoms with Gasteiger partial charge in [0.2, 0.25) is 5.17 Å². The molecule has 1 amide bonds. The third-order valence-electron chi connectivity index (χ3n) is 4.83. The molecule has 170 valence electrons.